The summed E-state index contributed by atoms with van der Waals surface area (Å²) in [5, 5.41) is 10.1. The van der Waals surface area contributed by atoms with Gasteiger partial charge < -0.3 is 5.32 Å². The predicted octanol–water partition coefficient (Wildman–Crippen LogP) is 0.884. The Balaban J connectivity index is 1.64. The van der Waals surface area contributed by atoms with Crippen LogP contribution in [-0.4, -0.2) is 25.7 Å². The molecule has 0 radical (unpaired) electrons. The second-order valence-corrected chi connectivity index (χ2v) is 5.07. The third-order valence-electron chi connectivity index (χ3n) is 3.34. The second kappa shape index (κ2) is 6.86. The monoisotopic (exact) mass is 327 g/mol. The molecule has 0 fully saturated rings. The number of nitrogens with one attached hydrogen (secondary N) is 1. The minimum atomic E-state index is -0.502. The SMILES string of the molecule is O=C(Cn1nnn(-c2ccccc2)c1=O)NCc1ccc(F)cc1. The summed E-state index contributed by atoms with van der Waals surface area (Å²) >= 11 is 0. The van der Waals surface area contributed by atoms with Gasteiger partial charge in [0.05, 0.1) is 5.69 Å². The minimum Gasteiger partial charge on any atom is -0.350 e. The molecule has 122 valence electrons. The lowest BCUT2D eigenvalue weighted by atomic mass is 10.2. The van der Waals surface area contributed by atoms with Crippen LogP contribution in [0.2, 0.25) is 0 Å². The molecule has 0 aliphatic rings. The highest BCUT2D eigenvalue weighted by atomic mass is 19.1. The molecule has 1 amide bonds. The molecule has 0 bridgehead atoms. The molecule has 0 unspecified atom stereocenters. The summed E-state index contributed by atoms with van der Waals surface area (Å²) in [6, 6.07) is 14.6. The van der Waals surface area contributed by atoms with Gasteiger partial charge in [0.25, 0.3) is 0 Å². The van der Waals surface area contributed by atoms with Crippen molar-refractivity contribution in [2.45, 2.75) is 13.1 Å². The van der Waals surface area contributed by atoms with Crippen molar-refractivity contribution in [3.05, 3.63) is 76.5 Å². The maximum absolute atomic E-state index is 12.8. The van der Waals surface area contributed by atoms with Crippen molar-refractivity contribution in [3.63, 3.8) is 0 Å². The van der Waals surface area contributed by atoms with Gasteiger partial charge >= 0.3 is 5.69 Å². The quantitative estimate of drug-likeness (QED) is 0.754. The van der Waals surface area contributed by atoms with E-state index in [4.69, 9.17) is 0 Å². The van der Waals surface area contributed by atoms with Gasteiger partial charge in [-0.15, -0.1) is 0 Å². The number of nitrogens with zero attached hydrogens (tertiary/aromatic N) is 4. The predicted molar refractivity (Wildman–Crippen MR) is 83.9 cm³/mol. The van der Waals surface area contributed by atoms with Crippen molar-refractivity contribution >= 4 is 5.91 Å². The molecule has 0 atom stereocenters. The first-order valence-electron chi connectivity index (χ1n) is 7.23. The summed E-state index contributed by atoms with van der Waals surface area (Å²) < 4.78 is 14.9. The van der Waals surface area contributed by atoms with Crippen LogP contribution in [-0.2, 0) is 17.9 Å². The van der Waals surface area contributed by atoms with Crippen LogP contribution >= 0.6 is 0 Å². The van der Waals surface area contributed by atoms with E-state index in [9.17, 15) is 14.0 Å². The van der Waals surface area contributed by atoms with Crippen LogP contribution in [0.15, 0.2) is 59.4 Å². The highest BCUT2D eigenvalue weighted by molar-refractivity contribution is 5.75. The molecule has 0 aliphatic carbocycles. The molecule has 24 heavy (non-hydrogen) atoms. The lowest BCUT2D eigenvalue weighted by Gasteiger charge is -2.04. The molecular weight excluding hydrogens is 313 g/mol. The Morgan fingerprint density at radius 1 is 1.04 bits per heavy atom. The Morgan fingerprint density at radius 3 is 2.46 bits per heavy atom. The van der Waals surface area contributed by atoms with E-state index in [0.717, 1.165) is 14.9 Å². The highest BCUT2D eigenvalue weighted by Gasteiger charge is 2.11. The molecular formula is C16H14FN5O2. The van der Waals surface area contributed by atoms with Crippen molar-refractivity contribution in [1.82, 2.24) is 25.1 Å². The Kier molecular flexibility index (Phi) is 4.46. The number of hydrogen-bond donors (Lipinski definition) is 1. The van der Waals surface area contributed by atoms with E-state index in [1.807, 2.05) is 6.07 Å². The van der Waals surface area contributed by atoms with Crippen LogP contribution in [0.3, 0.4) is 0 Å². The zero-order valence-electron chi connectivity index (χ0n) is 12.6. The second-order valence-electron chi connectivity index (χ2n) is 5.07. The van der Waals surface area contributed by atoms with Gasteiger partial charge in [-0.2, -0.15) is 9.36 Å². The fourth-order valence-corrected chi connectivity index (χ4v) is 2.10. The molecule has 0 spiro atoms. The zero-order valence-corrected chi connectivity index (χ0v) is 12.6. The molecule has 1 heterocycles. The molecule has 0 saturated carbocycles. The first-order chi connectivity index (χ1) is 11.6. The number of aromatic nitrogens is 4. The maximum Gasteiger partial charge on any atom is 0.368 e. The summed E-state index contributed by atoms with van der Waals surface area (Å²) in [4.78, 5) is 24.1. The first kappa shape index (κ1) is 15.6. The van der Waals surface area contributed by atoms with Gasteiger partial charge in [-0.25, -0.2) is 9.18 Å². The van der Waals surface area contributed by atoms with Crippen LogP contribution in [0.25, 0.3) is 5.69 Å². The van der Waals surface area contributed by atoms with E-state index in [-0.39, 0.29) is 24.8 Å². The molecule has 1 N–H and O–H groups in total. The van der Waals surface area contributed by atoms with Gasteiger partial charge in [0, 0.05) is 6.54 Å². The molecule has 2 aromatic carbocycles. The summed E-state index contributed by atoms with van der Waals surface area (Å²) in [5.74, 6) is -0.726. The van der Waals surface area contributed by atoms with Crippen molar-refractivity contribution in [3.8, 4) is 5.69 Å². The number of amides is 1. The van der Waals surface area contributed by atoms with E-state index < -0.39 is 5.69 Å². The third kappa shape index (κ3) is 3.54. The average Bonchev–Trinajstić information content (AvgIpc) is 2.96. The number of carbonyl (C=O) groups is 1. The summed E-state index contributed by atoms with van der Waals surface area (Å²) in [5.41, 5.74) is 0.823. The number of tetrazole rings is 1. The summed E-state index contributed by atoms with van der Waals surface area (Å²) in [7, 11) is 0. The molecule has 0 aliphatic heterocycles. The normalized spacial score (nSPS) is 10.5. The topological polar surface area (TPSA) is 81.8 Å². The van der Waals surface area contributed by atoms with Crippen molar-refractivity contribution in [1.29, 1.82) is 0 Å². The molecule has 3 aromatic rings. The molecule has 8 heteroatoms. The Hall–Kier alpha value is -3.29. The lowest BCUT2D eigenvalue weighted by Crippen LogP contribution is -2.33. The fourth-order valence-electron chi connectivity index (χ4n) is 2.10. The van der Waals surface area contributed by atoms with E-state index in [1.54, 1.807) is 36.4 Å². The number of benzene rings is 2. The van der Waals surface area contributed by atoms with Crippen LogP contribution < -0.4 is 11.0 Å². The molecule has 0 saturated heterocycles. The van der Waals surface area contributed by atoms with Gasteiger partial charge in [-0.05, 0) is 40.3 Å². The molecule has 3 rings (SSSR count). The van der Waals surface area contributed by atoms with Crippen molar-refractivity contribution < 1.29 is 9.18 Å². The van der Waals surface area contributed by atoms with E-state index >= 15 is 0 Å². The Morgan fingerprint density at radius 2 is 1.75 bits per heavy atom. The summed E-state index contributed by atoms with van der Waals surface area (Å²) in [6.07, 6.45) is 0. The molecule has 1 aromatic heterocycles. The maximum atomic E-state index is 12.8. The van der Waals surface area contributed by atoms with Gasteiger partial charge in [0.1, 0.15) is 12.4 Å². The first-order valence-corrected chi connectivity index (χ1v) is 7.23. The fraction of sp³-hybridized carbons (Fsp3) is 0.125. The molecule has 7 nitrogen and oxygen atoms in total. The van der Waals surface area contributed by atoms with E-state index in [1.165, 1.54) is 12.1 Å². The largest absolute Gasteiger partial charge is 0.368 e. The number of rotatable bonds is 5. The minimum absolute atomic E-state index is 0.237. The van der Waals surface area contributed by atoms with Gasteiger partial charge in [-0.1, -0.05) is 30.3 Å². The Labute approximate surface area is 136 Å². The summed E-state index contributed by atoms with van der Waals surface area (Å²) in [6.45, 7) is -0.00640. The number of carbonyl (C=O) groups excluding carboxylic acids is 1. The third-order valence-corrected chi connectivity index (χ3v) is 3.34. The van der Waals surface area contributed by atoms with Crippen molar-refractivity contribution in [2.24, 2.45) is 0 Å². The van der Waals surface area contributed by atoms with Crippen molar-refractivity contribution in [2.75, 3.05) is 0 Å². The van der Waals surface area contributed by atoms with Gasteiger partial charge in [0.15, 0.2) is 0 Å². The van der Waals surface area contributed by atoms with Gasteiger partial charge in [-0.3, -0.25) is 4.79 Å². The zero-order chi connectivity index (χ0) is 16.9. The Bertz CT molecular complexity index is 887. The van der Waals surface area contributed by atoms with Crippen LogP contribution in [0, 0.1) is 5.82 Å². The van der Waals surface area contributed by atoms with Crippen LogP contribution in [0.5, 0.6) is 0 Å². The average molecular weight is 327 g/mol. The number of hydrogen-bond acceptors (Lipinski definition) is 4. The smallest absolute Gasteiger partial charge is 0.350 e. The standard InChI is InChI=1S/C16H14FN5O2/c17-13-8-6-12(7-9-13)10-18-15(23)11-21-16(24)22(20-19-21)14-4-2-1-3-5-14/h1-9H,10-11H2,(H,18,23). The van der Waals surface area contributed by atoms with E-state index in [2.05, 4.69) is 15.7 Å². The van der Waals surface area contributed by atoms with Crippen LogP contribution in [0.1, 0.15) is 5.56 Å². The van der Waals surface area contributed by atoms with Gasteiger partial charge in [0.2, 0.25) is 5.91 Å². The highest BCUT2D eigenvalue weighted by Crippen LogP contribution is 2.02. The van der Waals surface area contributed by atoms with Crippen LogP contribution in [0.4, 0.5) is 4.39 Å². The number of para-hydroxylation sites is 1. The van der Waals surface area contributed by atoms with E-state index in [0.29, 0.717) is 5.69 Å². The number of halogens is 1. The lowest BCUT2D eigenvalue weighted by molar-refractivity contribution is -0.122.